The molecule has 2 heterocycles. The van der Waals surface area contributed by atoms with Crippen LogP contribution in [0.2, 0.25) is 0 Å². The molecule has 2 aromatic heterocycles. The van der Waals surface area contributed by atoms with Crippen molar-refractivity contribution in [3.05, 3.63) is 40.2 Å². The molecule has 0 spiro atoms. The SMILES string of the molecule is Cc1ccc2c(=O)c3cn(C)nc3oc2c1. The molecule has 1 aromatic carbocycles. The lowest BCUT2D eigenvalue weighted by molar-refractivity contribution is 0.625. The second-order valence-electron chi connectivity index (χ2n) is 3.95. The van der Waals surface area contributed by atoms with Gasteiger partial charge in [0.2, 0.25) is 11.1 Å². The molecular formula is C12H10N2O2. The number of benzene rings is 1. The van der Waals surface area contributed by atoms with Gasteiger partial charge in [-0.25, -0.2) is 0 Å². The summed E-state index contributed by atoms with van der Waals surface area (Å²) in [7, 11) is 1.77. The lowest BCUT2D eigenvalue weighted by Gasteiger charge is -1.97. The van der Waals surface area contributed by atoms with Crippen molar-refractivity contribution in [2.75, 3.05) is 0 Å². The zero-order chi connectivity index (χ0) is 11.3. The molecule has 4 heteroatoms. The zero-order valence-electron chi connectivity index (χ0n) is 9.02. The monoisotopic (exact) mass is 214 g/mol. The first kappa shape index (κ1) is 9.15. The summed E-state index contributed by atoms with van der Waals surface area (Å²) in [5, 5.41) is 5.23. The molecule has 0 aliphatic carbocycles. The van der Waals surface area contributed by atoms with E-state index in [0.29, 0.717) is 22.1 Å². The van der Waals surface area contributed by atoms with Gasteiger partial charge in [0.05, 0.1) is 5.39 Å². The van der Waals surface area contributed by atoms with E-state index in [2.05, 4.69) is 5.10 Å². The van der Waals surface area contributed by atoms with Crippen LogP contribution >= 0.6 is 0 Å². The van der Waals surface area contributed by atoms with Crippen LogP contribution in [0.25, 0.3) is 22.1 Å². The van der Waals surface area contributed by atoms with Crippen molar-refractivity contribution in [1.82, 2.24) is 9.78 Å². The van der Waals surface area contributed by atoms with Crippen LogP contribution in [0.3, 0.4) is 0 Å². The topological polar surface area (TPSA) is 48.0 Å². The standard InChI is InChI=1S/C12H10N2O2/c1-7-3-4-8-10(5-7)16-12-9(11(8)15)6-14(2)13-12/h3-6H,1-2H3. The van der Waals surface area contributed by atoms with Crippen molar-refractivity contribution in [3.63, 3.8) is 0 Å². The highest BCUT2D eigenvalue weighted by Gasteiger charge is 2.10. The minimum atomic E-state index is -0.0237. The highest BCUT2D eigenvalue weighted by atomic mass is 16.3. The molecule has 16 heavy (non-hydrogen) atoms. The zero-order valence-corrected chi connectivity index (χ0v) is 9.02. The lowest BCUT2D eigenvalue weighted by Crippen LogP contribution is -2.00. The van der Waals surface area contributed by atoms with Crippen molar-refractivity contribution < 1.29 is 4.42 Å². The Morgan fingerprint density at radius 2 is 2.12 bits per heavy atom. The average molecular weight is 214 g/mol. The van der Waals surface area contributed by atoms with Crippen molar-refractivity contribution in [2.45, 2.75) is 6.92 Å². The van der Waals surface area contributed by atoms with Crippen LogP contribution in [0.4, 0.5) is 0 Å². The number of rotatable bonds is 0. The van der Waals surface area contributed by atoms with Gasteiger partial charge < -0.3 is 4.42 Å². The fourth-order valence-electron chi connectivity index (χ4n) is 1.85. The summed E-state index contributed by atoms with van der Waals surface area (Å²) >= 11 is 0. The van der Waals surface area contributed by atoms with Gasteiger partial charge in [-0.1, -0.05) is 6.07 Å². The Labute approximate surface area is 91.1 Å². The molecule has 0 atom stereocenters. The summed E-state index contributed by atoms with van der Waals surface area (Å²) in [4.78, 5) is 12.1. The average Bonchev–Trinajstić information content (AvgIpc) is 2.59. The van der Waals surface area contributed by atoms with Gasteiger partial charge in [-0.05, 0) is 24.6 Å². The maximum atomic E-state index is 12.1. The number of hydrogen-bond acceptors (Lipinski definition) is 3. The first-order chi connectivity index (χ1) is 7.65. The Kier molecular flexibility index (Phi) is 1.68. The largest absolute Gasteiger partial charge is 0.436 e. The number of aromatic nitrogens is 2. The Morgan fingerprint density at radius 1 is 1.31 bits per heavy atom. The molecule has 0 amide bonds. The second-order valence-corrected chi connectivity index (χ2v) is 3.95. The van der Waals surface area contributed by atoms with Crippen LogP contribution in [-0.2, 0) is 7.05 Å². The molecule has 0 saturated heterocycles. The molecule has 0 N–H and O–H groups in total. The minimum absolute atomic E-state index is 0.0237. The molecule has 0 aliphatic rings. The van der Waals surface area contributed by atoms with Crippen LogP contribution in [0, 0.1) is 6.92 Å². The normalized spacial score (nSPS) is 11.4. The Balaban J connectivity index is 2.60. The van der Waals surface area contributed by atoms with E-state index < -0.39 is 0 Å². The van der Waals surface area contributed by atoms with E-state index in [-0.39, 0.29) is 5.43 Å². The molecule has 0 aliphatic heterocycles. The van der Waals surface area contributed by atoms with Gasteiger partial charge in [-0.15, -0.1) is 5.10 Å². The van der Waals surface area contributed by atoms with E-state index >= 15 is 0 Å². The minimum Gasteiger partial charge on any atom is -0.436 e. The van der Waals surface area contributed by atoms with Gasteiger partial charge in [-0.3, -0.25) is 9.48 Å². The van der Waals surface area contributed by atoms with Crippen LogP contribution in [0.1, 0.15) is 5.56 Å². The third-order valence-corrected chi connectivity index (χ3v) is 2.63. The lowest BCUT2D eigenvalue weighted by atomic mass is 10.1. The van der Waals surface area contributed by atoms with Gasteiger partial charge in [0.15, 0.2) is 0 Å². The summed E-state index contributed by atoms with van der Waals surface area (Å²) < 4.78 is 7.18. The summed E-state index contributed by atoms with van der Waals surface area (Å²) in [5.74, 6) is 0. The van der Waals surface area contributed by atoms with Crippen LogP contribution < -0.4 is 5.43 Å². The predicted octanol–water partition coefficient (Wildman–Crippen LogP) is 1.99. The van der Waals surface area contributed by atoms with Crippen LogP contribution in [-0.4, -0.2) is 9.78 Å². The second kappa shape index (κ2) is 2.95. The Bertz CT molecular complexity index is 753. The first-order valence-electron chi connectivity index (χ1n) is 5.02. The van der Waals surface area contributed by atoms with Gasteiger partial charge >= 0.3 is 0 Å². The van der Waals surface area contributed by atoms with E-state index in [1.54, 1.807) is 24.0 Å². The van der Waals surface area contributed by atoms with E-state index in [1.807, 2.05) is 19.1 Å². The van der Waals surface area contributed by atoms with Crippen molar-refractivity contribution in [3.8, 4) is 0 Å². The van der Waals surface area contributed by atoms with E-state index in [0.717, 1.165) is 5.56 Å². The summed E-state index contributed by atoms with van der Waals surface area (Å²) in [5.41, 5.74) is 2.03. The predicted molar refractivity (Wildman–Crippen MR) is 61.5 cm³/mol. The summed E-state index contributed by atoms with van der Waals surface area (Å²) in [6.45, 7) is 1.96. The Hall–Kier alpha value is -2.10. The number of nitrogens with zero attached hydrogens (tertiary/aromatic N) is 2. The van der Waals surface area contributed by atoms with Crippen LogP contribution in [0.15, 0.2) is 33.6 Å². The highest BCUT2D eigenvalue weighted by Crippen LogP contribution is 2.17. The summed E-state index contributed by atoms with van der Waals surface area (Å²) in [6, 6.07) is 5.55. The molecule has 4 nitrogen and oxygen atoms in total. The van der Waals surface area contributed by atoms with E-state index in [4.69, 9.17) is 4.42 Å². The smallest absolute Gasteiger partial charge is 0.249 e. The molecule has 3 aromatic rings. The maximum absolute atomic E-state index is 12.1. The quantitative estimate of drug-likeness (QED) is 0.575. The van der Waals surface area contributed by atoms with Crippen molar-refractivity contribution in [1.29, 1.82) is 0 Å². The molecule has 0 radical (unpaired) electrons. The third kappa shape index (κ3) is 1.16. The summed E-state index contributed by atoms with van der Waals surface area (Å²) in [6.07, 6.45) is 1.68. The van der Waals surface area contributed by atoms with Gasteiger partial charge in [0.1, 0.15) is 11.0 Å². The first-order valence-corrected chi connectivity index (χ1v) is 5.02. The Morgan fingerprint density at radius 3 is 2.94 bits per heavy atom. The molecule has 3 rings (SSSR count). The number of aryl methyl sites for hydroxylation is 2. The van der Waals surface area contributed by atoms with Gasteiger partial charge in [0, 0.05) is 13.2 Å². The maximum Gasteiger partial charge on any atom is 0.249 e. The van der Waals surface area contributed by atoms with Crippen molar-refractivity contribution in [2.24, 2.45) is 7.05 Å². The molecule has 80 valence electrons. The van der Waals surface area contributed by atoms with Crippen LogP contribution in [0.5, 0.6) is 0 Å². The van der Waals surface area contributed by atoms with Gasteiger partial charge in [0.25, 0.3) is 0 Å². The fourth-order valence-corrected chi connectivity index (χ4v) is 1.85. The van der Waals surface area contributed by atoms with Gasteiger partial charge in [-0.2, -0.15) is 0 Å². The highest BCUT2D eigenvalue weighted by molar-refractivity contribution is 5.88. The molecule has 0 saturated carbocycles. The van der Waals surface area contributed by atoms with E-state index in [9.17, 15) is 4.79 Å². The molecular weight excluding hydrogens is 204 g/mol. The molecule has 0 unspecified atom stereocenters. The fraction of sp³-hybridized carbons (Fsp3) is 0.167. The van der Waals surface area contributed by atoms with E-state index in [1.165, 1.54) is 0 Å². The number of hydrogen-bond donors (Lipinski definition) is 0. The number of fused-ring (bicyclic) bond motifs is 2. The third-order valence-electron chi connectivity index (χ3n) is 2.63. The molecule has 0 bridgehead atoms. The van der Waals surface area contributed by atoms with Crippen molar-refractivity contribution >= 4 is 22.1 Å². The molecule has 0 fully saturated rings.